The standard InChI is InChI=1S/C25H20ClN3O2S/c1-2-22-25(30)29(14-17-7-3-4-8-18(17)26)21-13-16(10-11-23(21)31-22)20-15-32-24(28-20)19-9-5-6-12-27-19/h3-13,15,22H,2,14H2,1H3. The number of carbonyl (C=O) groups is 1. The molecule has 2 aromatic heterocycles. The van der Waals surface area contributed by atoms with Gasteiger partial charge in [-0.2, -0.15) is 0 Å². The number of aromatic nitrogens is 2. The molecule has 0 saturated carbocycles. The number of thiazole rings is 1. The third-order valence-corrected chi connectivity index (χ3v) is 6.63. The van der Waals surface area contributed by atoms with Crippen molar-refractivity contribution in [2.45, 2.75) is 26.0 Å². The lowest BCUT2D eigenvalue weighted by molar-refractivity contribution is -0.126. The molecule has 0 saturated heterocycles. The molecule has 0 fully saturated rings. The average molecular weight is 462 g/mol. The molecule has 5 rings (SSSR count). The first-order chi connectivity index (χ1) is 15.6. The van der Waals surface area contributed by atoms with E-state index in [4.69, 9.17) is 21.3 Å². The van der Waals surface area contributed by atoms with Crippen molar-refractivity contribution in [3.05, 3.63) is 82.8 Å². The lowest BCUT2D eigenvalue weighted by Gasteiger charge is -2.34. The van der Waals surface area contributed by atoms with Crippen LogP contribution in [-0.2, 0) is 11.3 Å². The van der Waals surface area contributed by atoms with Crippen LogP contribution < -0.4 is 9.64 Å². The summed E-state index contributed by atoms with van der Waals surface area (Å²) in [6.07, 6.45) is 1.85. The second-order valence-corrected chi connectivity index (χ2v) is 8.73. The monoisotopic (exact) mass is 461 g/mol. The van der Waals surface area contributed by atoms with Crippen molar-refractivity contribution < 1.29 is 9.53 Å². The topological polar surface area (TPSA) is 55.3 Å². The van der Waals surface area contributed by atoms with Gasteiger partial charge in [0.15, 0.2) is 6.10 Å². The summed E-state index contributed by atoms with van der Waals surface area (Å²) in [4.78, 5) is 24.1. The highest BCUT2D eigenvalue weighted by Gasteiger charge is 2.34. The van der Waals surface area contributed by atoms with E-state index in [2.05, 4.69) is 4.98 Å². The van der Waals surface area contributed by atoms with Crippen LogP contribution in [0.4, 0.5) is 5.69 Å². The summed E-state index contributed by atoms with van der Waals surface area (Å²) in [5, 5.41) is 3.49. The number of nitrogens with zero attached hydrogens (tertiary/aromatic N) is 3. The van der Waals surface area contributed by atoms with E-state index in [9.17, 15) is 4.79 Å². The molecule has 1 aliphatic heterocycles. The number of anilines is 1. The van der Waals surface area contributed by atoms with Gasteiger partial charge in [0.2, 0.25) is 0 Å². The van der Waals surface area contributed by atoms with E-state index in [1.54, 1.807) is 22.4 Å². The molecule has 1 amide bonds. The van der Waals surface area contributed by atoms with E-state index in [-0.39, 0.29) is 5.91 Å². The molecule has 1 aliphatic rings. The molecule has 1 unspecified atom stereocenters. The van der Waals surface area contributed by atoms with E-state index in [1.165, 1.54) is 0 Å². The third kappa shape index (κ3) is 3.87. The number of pyridine rings is 1. The average Bonchev–Trinajstić information content (AvgIpc) is 3.32. The highest BCUT2D eigenvalue weighted by molar-refractivity contribution is 7.13. The SMILES string of the molecule is CCC1Oc2ccc(-c3csc(-c4ccccn4)n3)cc2N(Cc2ccccc2Cl)C1=O. The number of hydrogen-bond acceptors (Lipinski definition) is 5. The van der Waals surface area contributed by atoms with Crippen molar-refractivity contribution in [2.75, 3.05) is 4.90 Å². The van der Waals surface area contributed by atoms with Crippen LogP contribution in [0.1, 0.15) is 18.9 Å². The Kier molecular flexibility index (Phi) is 5.64. The highest BCUT2D eigenvalue weighted by atomic mass is 35.5. The van der Waals surface area contributed by atoms with Gasteiger partial charge in [0.1, 0.15) is 10.8 Å². The normalized spacial score (nSPS) is 15.4. The molecule has 0 aliphatic carbocycles. The molecule has 0 spiro atoms. The predicted molar refractivity (Wildman–Crippen MR) is 128 cm³/mol. The van der Waals surface area contributed by atoms with Crippen molar-refractivity contribution in [1.29, 1.82) is 0 Å². The van der Waals surface area contributed by atoms with Gasteiger partial charge in [-0.1, -0.05) is 42.8 Å². The number of rotatable bonds is 5. The Hall–Kier alpha value is -3.22. The Balaban J connectivity index is 1.53. The van der Waals surface area contributed by atoms with Gasteiger partial charge in [-0.15, -0.1) is 11.3 Å². The minimum atomic E-state index is -0.508. The van der Waals surface area contributed by atoms with Crippen LogP contribution in [0.25, 0.3) is 22.0 Å². The van der Waals surface area contributed by atoms with Gasteiger partial charge in [0.05, 0.1) is 23.6 Å². The number of ether oxygens (including phenoxy) is 1. The Labute approximate surface area is 195 Å². The molecule has 160 valence electrons. The van der Waals surface area contributed by atoms with Crippen LogP contribution in [0.5, 0.6) is 5.75 Å². The van der Waals surface area contributed by atoms with Crippen molar-refractivity contribution in [1.82, 2.24) is 9.97 Å². The van der Waals surface area contributed by atoms with Crippen molar-refractivity contribution >= 4 is 34.5 Å². The summed E-state index contributed by atoms with van der Waals surface area (Å²) in [6.45, 7) is 2.33. The summed E-state index contributed by atoms with van der Waals surface area (Å²) >= 11 is 7.93. The maximum Gasteiger partial charge on any atom is 0.268 e. The largest absolute Gasteiger partial charge is 0.478 e. The van der Waals surface area contributed by atoms with Gasteiger partial charge in [-0.3, -0.25) is 9.78 Å². The highest BCUT2D eigenvalue weighted by Crippen LogP contribution is 2.40. The summed E-state index contributed by atoms with van der Waals surface area (Å²) in [5.41, 5.74) is 4.21. The first-order valence-corrected chi connectivity index (χ1v) is 11.6. The zero-order valence-corrected chi connectivity index (χ0v) is 18.9. The van der Waals surface area contributed by atoms with Gasteiger partial charge >= 0.3 is 0 Å². The fourth-order valence-electron chi connectivity index (χ4n) is 3.71. The summed E-state index contributed by atoms with van der Waals surface area (Å²) < 4.78 is 6.00. The van der Waals surface area contributed by atoms with E-state index >= 15 is 0 Å². The molecular weight excluding hydrogens is 442 g/mol. The quantitative estimate of drug-likeness (QED) is 0.353. The molecule has 7 heteroatoms. The van der Waals surface area contributed by atoms with Crippen molar-refractivity contribution in [3.63, 3.8) is 0 Å². The van der Waals surface area contributed by atoms with Crippen LogP contribution >= 0.6 is 22.9 Å². The second-order valence-electron chi connectivity index (χ2n) is 7.47. The van der Waals surface area contributed by atoms with E-state index in [0.717, 1.165) is 33.2 Å². The number of amides is 1. The number of carbonyl (C=O) groups excluding carboxylic acids is 1. The molecule has 0 radical (unpaired) electrons. The molecule has 5 nitrogen and oxygen atoms in total. The van der Waals surface area contributed by atoms with Crippen molar-refractivity contribution in [2.24, 2.45) is 0 Å². The van der Waals surface area contributed by atoms with Gasteiger partial charge in [0, 0.05) is 22.2 Å². The Morgan fingerprint density at radius 3 is 2.72 bits per heavy atom. The molecule has 0 N–H and O–H groups in total. The van der Waals surface area contributed by atoms with Crippen LogP contribution in [0.3, 0.4) is 0 Å². The number of fused-ring (bicyclic) bond motifs is 1. The maximum atomic E-state index is 13.2. The lowest BCUT2D eigenvalue weighted by Crippen LogP contribution is -2.45. The maximum absolute atomic E-state index is 13.2. The number of hydrogen-bond donors (Lipinski definition) is 0. The predicted octanol–water partition coefficient (Wildman–Crippen LogP) is 6.23. The molecular formula is C25H20ClN3O2S. The van der Waals surface area contributed by atoms with Crippen molar-refractivity contribution in [3.8, 4) is 27.7 Å². The molecule has 1 atom stereocenters. The number of benzene rings is 2. The second kappa shape index (κ2) is 8.73. The smallest absolute Gasteiger partial charge is 0.268 e. The molecule has 3 heterocycles. The number of halogens is 1. The minimum absolute atomic E-state index is 0.0653. The van der Waals surface area contributed by atoms with E-state index < -0.39 is 6.10 Å². The summed E-state index contributed by atoms with van der Waals surface area (Å²) in [7, 11) is 0. The first kappa shape index (κ1) is 20.7. The summed E-state index contributed by atoms with van der Waals surface area (Å²) in [6, 6.07) is 19.2. The Bertz CT molecular complexity index is 1280. The fraction of sp³-hybridized carbons (Fsp3) is 0.160. The zero-order valence-electron chi connectivity index (χ0n) is 17.4. The third-order valence-electron chi connectivity index (χ3n) is 5.40. The van der Waals surface area contributed by atoms with Crippen LogP contribution in [0, 0.1) is 0 Å². The summed E-state index contributed by atoms with van der Waals surface area (Å²) in [5.74, 6) is 0.622. The minimum Gasteiger partial charge on any atom is -0.478 e. The molecule has 4 aromatic rings. The molecule has 2 aromatic carbocycles. The van der Waals surface area contributed by atoms with Gasteiger partial charge in [-0.25, -0.2) is 4.98 Å². The Morgan fingerprint density at radius 2 is 1.94 bits per heavy atom. The van der Waals surface area contributed by atoms with E-state index in [0.29, 0.717) is 23.7 Å². The van der Waals surface area contributed by atoms with E-state index in [1.807, 2.05) is 73.0 Å². The Morgan fingerprint density at radius 1 is 1.09 bits per heavy atom. The lowest BCUT2D eigenvalue weighted by atomic mass is 10.1. The first-order valence-electron chi connectivity index (χ1n) is 10.4. The van der Waals surface area contributed by atoms with Gasteiger partial charge in [0.25, 0.3) is 5.91 Å². The molecule has 32 heavy (non-hydrogen) atoms. The fourth-order valence-corrected chi connectivity index (χ4v) is 4.71. The van der Waals surface area contributed by atoms with Crippen LogP contribution in [0.15, 0.2) is 72.2 Å². The van der Waals surface area contributed by atoms with Crippen LogP contribution in [-0.4, -0.2) is 22.0 Å². The molecule has 0 bridgehead atoms. The van der Waals surface area contributed by atoms with Gasteiger partial charge < -0.3 is 9.64 Å². The zero-order chi connectivity index (χ0) is 22.1. The van der Waals surface area contributed by atoms with Gasteiger partial charge in [-0.05, 0) is 48.4 Å². The van der Waals surface area contributed by atoms with Crippen LogP contribution in [0.2, 0.25) is 5.02 Å².